The molecule has 1 heterocycles. The lowest BCUT2D eigenvalue weighted by atomic mass is 10.1. The zero-order chi connectivity index (χ0) is 18.2. The molecule has 1 aromatic heterocycles. The number of nitrogens with zero attached hydrogens (tertiary/aromatic N) is 3. The largest absolute Gasteiger partial charge is 0.453 e. The van der Waals surface area contributed by atoms with Crippen molar-refractivity contribution in [2.24, 2.45) is 0 Å². The van der Waals surface area contributed by atoms with Crippen LogP contribution in [0.2, 0.25) is 0 Å². The number of rotatable bonds is 3. The monoisotopic (exact) mass is 367 g/mol. The van der Waals surface area contributed by atoms with Gasteiger partial charge in [0.2, 0.25) is 0 Å². The van der Waals surface area contributed by atoms with Crippen molar-refractivity contribution in [3.8, 4) is 17.1 Å². The van der Waals surface area contributed by atoms with Crippen LogP contribution >= 0.6 is 11.8 Å². The third-order valence-electron chi connectivity index (χ3n) is 3.55. The molecular weight excluding hydrogens is 354 g/mol. The van der Waals surface area contributed by atoms with Crippen LogP contribution in [0.1, 0.15) is 11.4 Å². The van der Waals surface area contributed by atoms with E-state index < -0.39 is 17.8 Å². The molecule has 0 aliphatic carbocycles. The molecule has 8 heteroatoms. The minimum atomic E-state index is -4.69. The first kappa shape index (κ1) is 17.5. The normalized spacial score (nSPS) is 11.8. The smallest absolute Gasteiger partial charge is 0.213 e. The number of alkyl halides is 3. The summed E-state index contributed by atoms with van der Waals surface area (Å²) in [5.74, 6) is -1.79. The van der Waals surface area contributed by atoms with E-state index in [1.807, 2.05) is 6.92 Å². The van der Waals surface area contributed by atoms with Gasteiger partial charge in [-0.1, -0.05) is 29.8 Å². The fourth-order valence-electron chi connectivity index (χ4n) is 2.29. The Morgan fingerprint density at radius 1 is 1.04 bits per heavy atom. The number of thioether (sulfide) groups is 1. The van der Waals surface area contributed by atoms with Crippen LogP contribution in [0, 0.1) is 12.7 Å². The predicted molar refractivity (Wildman–Crippen MR) is 88.3 cm³/mol. The van der Waals surface area contributed by atoms with E-state index in [-0.39, 0.29) is 11.5 Å². The van der Waals surface area contributed by atoms with Crippen LogP contribution in [0.3, 0.4) is 0 Å². The first-order valence-corrected chi connectivity index (χ1v) is 8.47. The van der Waals surface area contributed by atoms with Crippen molar-refractivity contribution < 1.29 is 17.6 Å². The summed E-state index contributed by atoms with van der Waals surface area (Å²) in [6.45, 7) is 1.87. The minimum Gasteiger partial charge on any atom is -0.213 e. The molecule has 0 bridgehead atoms. The van der Waals surface area contributed by atoms with Gasteiger partial charge in [0.05, 0.1) is 5.69 Å². The van der Waals surface area contributed by atoms with Crippen molar-refractivity contribution in [3.05, 3.63) is 59.7 Å². The van der Waals surface area contributed by atoms with Gasteiger partial charge in [0.1, 0.15) is 5.82 Å². The van der Waals surface area contributed by atoms with E-state index in [1.165, 1.54) is 23.9 Å². The molecule has 0 aliphatic heterocycles. The first-order valence-electron chi connectivity index (χ1n) is 7.25. The maximum absolute atomic E-state index is 14.1. The van der Waals surface area contributed by atoms with E-state index in [0.717, 1.165) is 16.3 Å². The van der Waals surface area contributed by atoms with Crippen molar-refractivity contribution in [2.45, 2.75) is 18.0 Å². The van der Waals surface area contributed by atoms with Crippen molar-refractivity contribution in [2.75, 3.05) is 6.26 Å². The van der Waals surface area contributed by atoms with Crippen LogP contribution in [-0.4, -0.2) is 21.0 Å². The average Bonchev–Trinajstić information content (AvgIpc) is 3.01. The minimum absolute atomic E-state index is 0.00336. The summed E-state index contributed by atoms with van der Waals surface area (Å²) in [6.07, 6.45) is -2.98. The third kappa shape index (κ3) is 3.53. The van der Waals surface area contributed by atoms with Gasteiger partial charge in [-0.3, -0.25) is 0 Å². The molecule has 0 saturated heterocycles. The molecule has 0 atom stereocenters. The van der Waals surface area contributed by atoms with Gasteiger partial charge in [0.15, 0.2) is 5.82 Å². The second-order valence-electron chi connectivity index (χ2n) is 5.35. The van der Waals surface area contributed by atoms with E-state index in [0.29, 0.717) is 10.5 Å². The van der Waals surface area contributed by atoms with Crippen LogP contribution in [-0.2, 0) is 6.18 Å². The molecule has 0 unspecified atom stereocenters. The van der Waals surface area contributed by atoms with E-state index in [2.05, 4.69) is 10.1 Å². The maximum atomic E-state index is 14.1. The molecular formula is C17H13F4N3S. The molecule has 0 saturated carbocycles. The zero-order valence-corrected chi connectivity index (χ0v) is 14.1. The maximum Gasteiger partial charge on any atom is 0.453 e. The highest BCUT2D eigenvalue weighted by Gasteiger charge is 2.37. The Bertz CT molecular complexity index is 901. The Morgan fingerprint density at radius 3 is 2.28 bits per heavy atom. The molecule has 25 heavy (non-hydrogen) atoms. The zero-order valence-electron chi connectivity index (χ0n) is 13.3. The van der Waals surface area contributed by atoms with Crippen molar-refractivity contribution >= 4 is 11.8 Å². The van der Waals surface area contributed by atoms with E-state index in [1.54, 1.807) is 30.5 Å². The number of aromatic nitrogens is 3. The Kier molecular flexibility index (Phi) is 4.55. The average molecular weight is 367 g/mol. The van der Waals surface area contributed by atoms with Crippen LogP contribution in [0.15, 0.2) is 47.4 Å². The topological polar surface area (TPSA) is 30.7 Å². The highest BCUT2D eigenvalue weighted by Crippen LogP contribution is 2.31. The molecule has 0 N–H and O–H groups in total. The van der Waals surface area contributed by atoms with Gasteiger partial charge in [-0.25, -0.2) is 14.1 Å². The first-order chi connectivity index (χ1) is 11.8. The van der Waals surface area contributed by atoms with Gasteiger partial charge in [0, 0.05) is 16.5 Å². The summed E-state index contributed by atoms with van der Waals surface area (Å²) < 4.78 is 54.3. The van der Waals surface area contributed by atoms with Gasteiger partial charge in [0.25, 0.3) is 5.82 Å². The Balaban J connectivity index is 2.19. The SMILES string of the molecule is CSc1ccc(-n2nc(C(F)(F)F)nc2-c2ccc(C)cc2)cc1F. The van der Waals surface area contributed by atoms with Gasteiger partial charge in [-0.2, -0.15) is 13.2 Å². The van der Waals surface area contributed by atoms with Crippen molar-refractivity contribution in [1.82, 2.24) is 14.8 Å². The van der Waals surface area contributed by atoms with Gasteiger partial charge < -0.3 is 0 Å². The highest BCUT2D eigenvalue weighted by molar-refractivity contribution is 7.98. The lowest BCUT2D eigenvalue weighted by Crippen LogP contribution is -2.08. The Labute approximate surface area is 145 Å². The van der Waals surface area contributed by atoms with Crippen LogP contribution in [0.4, 0.5) is 17.6 Å². The summed E-state index contributed by atoms with van der Waals surface area (Å²) in [5.41, 5.74) is 1.60. The van der Waals surface area contributed by atoms with E-state index in [4.69, 9.17) is 0 Å². The molecule has 3 rings (SSSR count). The third-order valence-corrected chi connectivity index (χ3v) is 4.32. The van der Waals surface area contributed by atoms with Crippen molar-refractivity contribution in [1.29, 1.82) is 0 Å². The van der Waals surface area contributed by atoms with Gasteiger partial charge in [-0.05, 0) is 25.3 Å². The lowest BCUT2D eigenvalue weighted by molar-refractivity contribution is -0.144. The molecule has 130 valence electrons. The number of benzene rings is 2. The standard InChI is InChI=1S/C17H13F4N3S/c1-10-3-5-11(6-4-10)15-22-16(17(19,20)21)23-24(15)12-7-8-14(25-2)13(18)9-12/h3-9H,1-2H3. The van der Waals surface area contributed by atoms with E-state index >= 15 is 0 Å². The molecule has 0 spiro atoms. The number of hydrogen-bond donors (Lipinski definition) is 0. The summed E-state index contributed by atoms with van der Waals surface area (Å²) in [4.78, 5) is 4.03. The molecule has 0 amide bonds. The van der Waals surface area contributed by atoms with Gasteiger partial charge >= 0.3 is 6.18 Å². The summed E-state index contributed by atoms with van der Waals surface area (Å²) in [5, 5.41) is 3.55. The Hall–Kier alpha value is -2.35. The van der Waals surface area contributed by atoms with Gasteiger partial charge in [-0.15, -0.1) is 16.9 Å². The summed E-state index contributed by atoms with van der Waals surface area (Å²) in [7, 11) is 0. The molecule has 3 aromatic rings. The molecule has 3 nitrogen and oxygen atoms in total. The van der Waals surface area contributed by atoms with Crippen LogP contribution in [0.25, 0.3) is 17.1 Å². The molecule has 0 radical (unpaired) electrons. The van der Waals surface area contributed by atoms with Crippen molar-refractivity contribution in [3.63, 3.8) is 0 Å². The summed E-state index contributed by atoms with van der Waals surface area (Å²) >= 11 is 1.21. The van der Waals surface area contributed by atoms with E-state index in [9.17, 15) is 17.6 Å². The Morgan fingerprint density at radius 2 is 1.72 bits per heavy atom. The lowest BCUT2D eigenvalue weighted by Gasteiger charge is -2.08. The molecule has 0 fully saturated rings. The number of halogens is 4. The fourth-order valence-corrected chi connectivity index (χ4v) is 2.75. The molecule has 0 aliphatic rings. The number of hydrogen-bond acceptors (Lipinski definition) is 3. The number of aryl methyl sites for hydroxylation is 1. The predicted octanol–water partition coefficient (Wildman–Crippen LogP) is 5.12. The fraction of sp³-hybridized carbons (Fsp3) is 0.176. The second-order valence-corrected chi connectivity index (χ2v) is 6.20. The van der Waals surface area contributed by atoms with Crippen LogP contribution in [0.5, 0.6) is 0 Å². The quantitative estimate of drug-likeness (QED) is 0.475. The summed E-state index contributed by atoms with van der Waals surface area (Å²) in [6, 6.07) is 11.0. The second kappa shape index (κ2) is 6.51. The van der Waals surface area contributed by atoms with Crippen LogP contribution < -0.4 is 0 Å². The highest BCUT2D eigenvalue weighted by atomic mass is 32.2. The molecule has 2 aromatic carbocycles.